The van der Waals surface area contributed by atoms with E-state index in [1.54, 1.807) is 6.42 Å². The second kappa shape index (κ2) is 4.91. The van der Waals surface area contributed by atoms with Crippen molar-refractivity contribution in [3.63, 3.8) is 0 Å². The van der Waals surface area contributed by atoms with Crippen molar-refractivity contribution >= 4 is 0 Å². The molecule has 1 heteroatoms. The maximum atomic E-state index is 3.97. The zero-order valence-corrected chi connectivity index (χ0v) is 11.6. The third-order valence-corrected chi connectivity index (χ3v) is 6.05. The van der Waals surface area contributed by atoms with Gasteiger partial charge in [-0.2, -0.15) is 0 Å². The van der Waals surface area contributed by atoms with E-state index < -0.39 is 0 Å². The highest BCUT2D eigenvalue weighted by Gasteiger charge is 2.42. The molecule has 3 fully saturated rings. The lowest BCUT2D eigenvalue weighted by atomic mass is 9.83. The zero-order valence-electron chi connectivity index (χ0n) is 11.6. The van der Waals surface area contributed by atoms with Crippen molar-refractivity contribution in [2.75, 3.05) is 0 Å². The highest BCUT2D eigenvalue weighted by atomic mass is 15.0. The first-order valence-electron chi connectivity index (χ1n) is 8.02. The van der Waals surface area contributed by atoms with Gasteiger partial charge >= 0.3 is 0 Å². The van der Waals surface area contributed by atoms with Crippen LogP contribution in [-0.4, -0.2) is 12.1 Å². The first-order valence-corrected chi connectivity index (χ1v) is 8.02. The van der Waals surface area contributed by atoms with Gasteiger partial charge in [0, 0.05) is 12.1 Å². The first-order chi connectivity index (χ1) is 8.26. The summed E-state index contributed by atoms with van der Waals surface area (Å²) in [7, 11) is 0. The minimum absolute atomic E-state index is 0.783. The van der Waals surface area contributed by atoms with Crippen LogP contribution in [0.15, 0.2) is 0 Å². The van der Waals surface area contributed by atoms with Crippen LogP contribution in [0.1, 0.15) is 65.2 Å². The van der Waals surface area contributed by atoms with Gasteiger partial charge < -0.3 is 5.32 Å². The lowest BCUT2D eigenvalue weighted by molar-refractivity contribution is 0.243. The molecular formula is C16H29N. The molecule has 0 aromatic carbocycles. The fraction of sp³-hybridized carbons (Fsp3) is 1.00. The van der Waals surface area contributed by atoms with Gasteiger partial charge in [-0.15, -0.1) is 0 Å². The van der Waals surface area contributed by atoms with Gasteiger partial charge in [0.1, 0.15) is 0 Å². The summed E-state index contributed by atoms with van der Waals surface area (Å²) in [6.07, 6.45) is 11.9. The van der Waals surface area contributed by atoms with Crippen molar-refractivity contribution in [2.24, 2.45) is 23.7 Å². The lowest BCUT2D eigenvalue weighted by Gasteiger charge is -2.31. The Hall–Kier alpha value is -0.0400. The standard InChI is InChI=1S/C16H29N/c1-3-12-5-7-15(9-12)17-11(2)16-10-13-4-6-14(16)8-13/h11-17H,3-10H2,1-2H3. The van der Waals surface area contributed by atoms with Gasteiger partial charge in [-0.3, -0.25) is 0 Å². The fourth-order valence-electron chi connectivity index (χ4n) is 5.00. The third kappa shape index (κ3) is 2.41. The highest BCUT2D eigenvalue weighted by molar-refractivity contribution is 4.95. The molecule has 0 radical (unpaired) electrons. The molecule has 1 N–H and O–H groups in total. The average Bonchev–Trinajstić information content (AvgIpc) is 3.04. The van der Waals surface area contributed by atoms with Crippen molar-refractivity contribution in [3.8, 4) is 0 Å². The second-order valence-corrected chi connectivity index (χ2v) is 7.08. The van der Waals surface area contributed by atoms with E-state index in [0.29, 0.717) is 0 Å². The molecule has 0 saturated heterocycles. The van der Waals surface area contributed by atoms with E-state index >= 15 is 0 Å². The van der Waals surface area contributed by atoms with Gasteiger partial charge in [-0.25, -0.2) is 0 Å². The van der Waals surface area contributed by atoms with Crippen molar-refractivity contribution in [2.45, 2.75) is 77.3 Å². The Morgan fingerprint density at radius 3 is 2.53 bits per heavy atom. The van der Waals surface area contributed by atoms with Crippen LogP contribution in [-0.2, 0) is 0 Å². The van der Waals surface area contributed by atoms with Crippen molar-refractivity contribution < 1.29 is 0 Å². The number of hydrogen-bond acceptors (Lipinski definition) is 1. The van der Waals surface area contributed by atoms with Crippen LogP contribution >= 0.6 is 0 Å². The summed E-state index contributed by atoms with van der Waals surface area (Å²) >= 11 is 0. The van der Waals surface area contributed by atoms with Crippen molar-refractivity contribution in [3.05, 3.63) is 0 Å². The normalized spacial score (nSPS) is 46.6. The Kier molecular flexibility index (Phi) is 3.47. The maximum absolute atomic E-state index is 3.97. The summed E-state index contributed by atoms with van der Waals surface area (Å²) in [6, 6.07) is 1.62. The van der Waals surface area contributed by atoms with Crippen LogP contribution < -0.4 is 5.32 Å². The molecule has 0 aromatic heterocycles. The predicted molar refractivity (Wildman–Crippen MR) is 73.0 cm³/mol. The molecule has 1 nitrogen and oxygen atoms in total. The molecule has 6 unspecified atom stereocenters. The van der Waals surface area contributed by atoms with E-state index in [4.69, 9.17) is 0 Å². The molecule has 0 amide bonds. The largest absolute Gasteiger partial charge is 0.311 e. The fourth-order valence-corrected chi connectivity index (χ4v) is 5.00. The van der Waals surface area contributed by atoms with Crippen LogP contribution in [0.3, 0.4) is 0 Å². The first kappa shape index (κ1) is 12.0. The summed E-state index contributed by atoms with van der Waals surface area (Å²) in [5, 5.41) is 3.97. The summed E-state index contributed by atoms with van der Waals surface area (Å²) in [5.74, 6) is 4.20. The number of hydrogen-bond donors (Lipinski definition) is 1. The predicted octanol–water partition coefficient (Wildman–Crippen LogP) is 3.98. The van der Waals surface area contributed by atoms with Gasteiger partial charge in [-0.1, -0.05) is 19.8 Å². The number of fused-ring (bicyclic) bond motifs is 2. The molecule has 17 heavy (non-hydrogen) atoms. The molecule has 3 aliphatic carbocycles. The van der Waals surface area contributed by atoms with Gasteiger partial charge in [-0.05, 0) is 69.1 Å². The van der Waals surface area contributed by atoms with Crippen LogP contribution in [0.4, 0.5) is 0 Å². The Morgan fingerprint density at radius 2 is 1.94 bits per heavy atom. The molecule has 2 bridgehead atoms. The molecular weight excluding hydrogens is 206 g/mol. The summed E-state index contributed by atoms with van der Waals surface area (Å²) in [5.41, 5.74) is 0. The van der Waals surface area contributed by atoms with E-state index in [1.807, 2.05) is 0 Å². The van der Waals surface area contributed by atoms with E-state index in [2.05, 4.69) is 19.2 Å². The Balaban J connectivity index is 1.49. The SMILES string of the molecule is CCC1CCC(NC(C)C2CC3CCC2C3)C1. The molecule has 6 atom stereocenters. The lowest BCUT2D eigenvalue weighted by Crippen LogP contribution is -2.41. The number of nitrogens with one attached hydrogen (secondary N) is 1. The van der Waals surface area contributed by atoms with Gasteiger partial charge in [0.15, 0.2) is 0 Å². The Morgan fingerprint density at radius 1 is 1.06 bits per heavy atom. The molecule has 98 valence electrons. The molecule has 3 rings (SSSR count). The Labute approximate surface area is 107 Å². The molecule has 0 aliphatic heterocycles. The van der Waals surface area contributed by atoms with E-state index in [9.17, 15) is 0 Å². The zero-order chi connectivity index (χ0) is 11.8. The minimum atomic E-state index is 0.783. The van der Waals surface area contributed by atoms with E-state index in [-0.39, 0.29) is 0 Å². The highest BCUT2D eigenvalue weighted by Crippen LogP contribution is 2.49. The number of rotatable bonds is 4. The summed E-state index contributed by atoms with van der Waals surface area (Å²) in [4.78, 5) is 0. The van der Waals surface area contributed by atoms with Gasteiger partial charge in [0.2, 0.25) is 0 Å². The van der Waals surface area contributed by atoms with E-state index in [0.717, 1.165) is 35.8 Å². The van der Waals surface area contributed by atoms with Crippen LogP contribution in [0.5, 0.6) is 0 Å². The van der Waals surface area contributed by atoms with Gasteiger partial charge in [0.05, 0.1) is 0 Å². The minimum Gasteiger partial charge on any atom is -0.311 e. The van der Waals surface area contributed by atoms with Gasteiger partial charge in [0.25, 0.3) is 0 Å². The van der Waals surface area contributed by atoms with Crippen molar-refractivity contribution in [1.29, 1.82) is 0 Å². The molecule has 3 saturated carbocycles. The van der Waals surface area contributed by atoms with Crippen LogP contribution in [0.2, 0.25) is 0 Å². The average molecular weight is 235 g/mol. The second-order valence-electron chi connectivity index (χ2n) is 7.08. The molecule has 0 aromatic rings. The topological polar surface area (TPSA) is 12.0 Å². The monoisotopic (exact) mass is 235 g/mol. The quantitative estimate of drug-likeness (QED) is 0.777. The van der Waals surface area contributed by atoms with Crippen molar-refractivity contribution in [1.82, 2.24) is 5.32 Å². The smallest absolute Gasteiger partial charge is 0.00723 e. The molecule has 3 aliphatic rings. The van der Waals surface area contributed by atoms with Crippen LogP contribution in [0, 0.1) is 23.7 Å². The summed E-state index contributed by atoms with van der Waals surface area (Å²) < 4.78 is 0. The van der Waals surface area contributed by atoms with E-state index in [1.165, 1.54) is 44.9 Å². The Bertz CT molecular complexity index is 262. The summed E-state index contributed by atoms with van der Waals surface area (Å²) in [6.45, 7) is 4.82. The van der Waals surface area contributed by atoms with Crippen LogP contribution in [0.25, 0.3) is 0 Å². The third-order valence-electron chi connectivity index (χ3n) is 6.05. The molecule has 0 spiro atoms. The maximum Gasteiger partial charge on any atom is 0.00723 e. The molecule has 0 heterocycles.